The summed E-state index contributed by atoms with van der Waals surface area (Å²) in [7, 11) is 0. The second kappa shape index (κ2) is 55.9. The van der Waals surface area contributed by atoms with Crippen LogP contribution in [0.3, 0.4) is 0 Å². The van der Waals surface area contributed by atoms with Crippen molar-refractivity contribution in [2.75, 3.05) is 6.61 Å². The minimum atomic E-state index is -0.961. The lowest BCUT2D eigenvalue weighted by atomic mass is 10.0. The number of nitrogens with one attached hydrogen (secondary N) is 1. The molecule has 66 heavy (non-hydrogen) atoms. The van der Waals surface area contributed by atoms with Gasteiger partial charge in [-0.15, -0.1) is 0 Å². The Morgan fingerprint density at radius 2 is 0.652 bits per heavy atom. The Kier molecular flexibility index (Phi) is 54.5. The van der Waals surface area contributed by atoms with Gasteiger partial charge in [-0.25, -0.2) is 0 Å². The Morgan fingerprint density at radius 3 is 0.970 bits per heavy atom. The number of hydrogen-bond donors (Lipinski definition) is 4. The maximum Gasteiger partial charge on any atom is 0.222 e. The Morgan fingerprint density at radius 1 is 0.379 bits per heavy atom. The van der Waals surface area contributed by atoms with E-state index in [1.165, 1.54) is 244 Å². The van der Waals surface area contributed by atoms with Crippen LogP contribution in [0.2, 0.25) is 0 Å². The molecule has 3 unspecified atom stereocenters. The molecule has 0 aliphatic heterocycles. The molecule has 0 aromatic heterocycles. The SMILES string of the molecule is CCCCCCCCCCCC/C=C/CC/C=C/CC/C=C/C(O)C(CO)NC(=O)CC(O)CCCCCCCCCCCCCCCCC/C=C\CCCCCCCCCCCCCC. The fourth-order valence-electron chi connectivity index (χ4n) is 9.08. The van der Waals surface area contributed by atoms with Crippen LogP contribution in [0.25, 0.3) is 0 Å². The zero-order valence-electron chi connectivity index (χ0n) is 44.3. The van der Waals surface area contributed by atoms with E-state index in [0.717, 1.165) is 38.5 Å². The maximum absolute atomic E-state index is 12.5. The molecule has 0 heterocycles. The first-order chi connectivity index (χ1) is 32.5. The third-order valence-corrected chi connectivity index (χ3v) is 13.6. The first kappa shape index (κ1) is 64.3. The number of unbranched alkanes of at least 4 members (excludes halogenated alkanes) is 39. The standard InChI is InChI=1S/C61H115NO4/c1-3-5-7-9-11-13-15-17-19-21-23-25-26-27-28-29-30-31-32-33-34-35-36-38-40-42-44-46-48-50-52-54-58(64)56-61(66)62-59(57-63)60(65)55-53-51-49-47-45-43-41-39-37-24-22-20-18-16-14-12-10-8-6-4-2/h27-28,37,39,45,47,53,55,58-60,63-65H,3-26,29-36,38,40-44,46,48-52,54,56-57H2,1-2H3,(H,62,66)/b28-27-,39-37+,47-45+,55-53+. The van der Waals surface area contributed by atoms with Gasteiger partial charge in [0.05, 0.1) is 31.3 Å². The highest BCUT2D eigenvalue weighted by Crippen LogP contribution is 2.17. The van der Waals surface area contributed by atoms with Crippen LogP contribution < -0.4 is 5.32 Å². The lowest BCUT2D eigenvalue weighted by Gasteiger charge is -2.21. The number of carbonyl (C=O) groups is 1. The molecule has 0 fully saturated rings. The van der Waals surface area contributed by atoms with E-state index in [1.54, 1.807) is 6.08 Å². The van der Waals surface area contributed by atoms with E-state index in [4.69, 9.17) is 0 Å². The van der Waals surface area contributed by atoms with Crippen molar-refractivity contribution in [1.29, 1.82) is 0 Å². The fourth-order valence-corrected chi connectivity index (χ4v) is 9.08. The lowest BCUT2D eigenvalue weighted by molar-refractivity contribution is -0.124. The van der Waals surface area contributed by atoms with Crippen molar-refractivity contribution in [3.05, 3.63) is 48.6 Å². The van der Waals surface area contributed by atoms with Gasteiger partial charge in [-0.3, -0.25) is 4.79 Å². The molecule has 0 saturated heterocycles. The molecule has 0 radical (unpaired) electrons. The molecule has 4 N–H and O–H groups in total. The van der Waals surface area contributed by atoms with Gasteiger partial charge in [0, 0.05) is 0 Å². The Bertz CT molecular complexity index is 1070. The highest BCUT2D eigenvalue weighted by atomic mass is 16.3. The number of carbonyl (C=O) groups excluding carboxylic acids is 1. The normalized spacial score (nSPS) is 13.6. The van der Waals surface area contributed by atoms with Gasteiger partial charge < -0.3 is 20.6 Å². The van der Waals surface area contributed by atoms with Crippen molar-refractivity contribution in [2.45, 2.75) is 327 Å². The smallest absolute Gasteiger partial charge is 0.222 e. The lowest BCUT2D eigenvalue weighted by Crippen LogP contribution is -2.45. The summed E-state index contributed by atoms with van der Waals surface area (Å²) in [4.78, 5) is 12.5. The molecule has 0 aliphatic rings. The van der Waals surface area contributed by atoms with Crippen LogP contribution in [0.4, 0.5) is 0 Å². The summed E-state index contributed by atoms with van der Waals surface area (Å²) < 4.78 is 0. The van der Waals surface area contributed by atoms with E-state index >= 15 is 0 Å². The number of rotatable bonds is 54. The summed E-state index contributed by atoms with van der Waals surface area (Å²) >= 11 is 0. The topological polar surface area (TPSA) is 89.8 Å². The van der Waals surface area contributed by atoms with Gasteiger partial charge in [0.25, 0.3) is 0 Å². The van der Waals surface area contributed by atoms with Gasteiger partial charge in [-0.05, 0) is 70.6 Å². The van der Waals surface area contributed by atoms with Gasteiger partial charge in [-0.2, -0.15) is 0 Å². The summed E-state index contributed by atoms with van der Waals surface area (Å²) in [6.07, 6.45) is 74.6. The maximum atomic E-state index is 12.5. The Balaban J connectivity index is 3.57. The molecule has 0 aliphatic carbocycles. The number of allylic oxidation sites excluding steroid dienone is 7. The van der Waals surface area contributed by atoms with Crippen molar-refractivity contribution in [3.63, 3.8) is 0 Å². The Labute approximate surface area is 412 Å². The number of amides is 1. The molecule has 0 bridgehead atoms. The first-order valence-electron chi connectivity index (χ1n) is 29.4. The molecule has 0 rings (SSSR count). The van der Waals surface area contributed by atoms with E-state index in [9.17, 15) is 20.1 Å². The number of aliphatic hydroxyl groups excluding tert-OH is 3. The van der Waals surface area contributed by atoms with E-state index in [1.807, 2.05) is 6.08 Å². The van der Waals surface area contributed by atoms with E-state index in [-0.39, 0.29) is 18.9 Å². The summed E-state index contributed by atoms with van der Waals surface area (Å²) in [6, 6.07) is -0.769. The summed E-state index contributed by atoms with van der Waals surface area (Å²) in [6.45, 7) is 4.23. The predicted molar refractivity (Wildman–Crippen MR) is 291 cm³/mol. The van der Waals surface area contributed by atoms with Crippen molar-refractivity contribution in [1.82, 2.24) is 5.32 Å². The molecule has 0 aromatic rings. The van der Waals surface area contributed by atoms with Crippen LogP contribution in [0.15, 0.2) is 48.6 Å². The first-order valence-corrected chi connectivity index (χ1v) is 29.4. The fraction of sp³-hybridized carbons (Fsp3) is 0.852. The third kappa shape index (κ3) is 51.7. The largest absolute Gasteiger partial charge is 0.394 e. The molecule has 5 nitrogen and oxygen atoms in total. The highest BCUT2D eigenvalue weighted by Gasteiger charge is 2.20. The van der Waals surface area contributed by atoms with Crippen molar-refractivity contribution < 1.29 is 20.1 Å². The minimum Gasteiger partial charge on any atom is -0.394 e. The van der Waals surface area contributed by atoms with E-state index in [2.05, 4.69) is 55.6 Å². The third-order valence-electron chi connectivity index (χ3n) is 13.6. The van der Waals surface area contributed by atoms with Gasteiger partial charge in [0.1, 0.15) is 0 Å². The average Bonchev–Trinajstić information content (AvgIpc) is 3.31. The number of hydrogen-bond acceptors (Lipinski definition) is 4. The van der Waals surface area contributed by atoms with Crippen LogP contribution in [-0.2, 0) is 4.79 Å². The van der Waals surface area contributed by atoms with Crippen molar-refractivity contribution in [3.8, 4) is 0 Å². The van der Waals surface area contributed by atoms with Crippen LogP contribution >= 0.6 is 0 Å². The molecule has 3 atom stereocenters. The van der Waals surface area contributed by atoms with Crippen molar-refractivity contribution in [2.24, 2.45) is 0 Å². The molecule has 0 saturated carbocycles. The average molecular weight is 927 g/mol. The summed E-state index contributed by atoms with van der Waals surface area (Å²) in [5, 5.41) is 33.4. The second-order valence-electron chi connectivity index (χ2n) is 20.2. The zero-order chi connectivity index (χ0) is 47.9. The summed E-state index contributed by atoms with van der Waals surface area (Å²) in [5.74, 6) is -0.326. The molecule has 1 amide bonds. The van der Waals surface area contributed by atoms with Gasteiger partial charge in [-0.1, -0.05) is 281 Å². The van der Waals surface area contributed by atoms with Gasteiger partial charge in [0.2, 0.25) is 5.91 Å². The van der Waals surface area contributed by atoms with Gasteiger partial charge in [0.15, 0.2) is 0 Å². The molecule has 0 spiro atoms. The quantitative estimate of drug-likeness (QED) is 0.0361. The van der Waals surface area contributed by atoms with Crippen LogP contribution in [0.5, 0.6) is 0 Å². The van der Waals surface area contributed by atoms with Gasteiger partial charge >= 0.3 is 0 Å². The van der Waals surface area contributed by atoms with Crippen LogP contribution in [-0.4, -0.2) is 46.1 Å². The minimum absolute atomic E-state index is 0.00338. The molecule has 5 heteroatoms. The molecule has 0 aromatic carbocycles. The number of aliphatic hydroxyl groups is 3. The summed E-state index contributed by atoms with van der Waals surface area (Å²) in [5.41, 5.74) is 0. The monoisotopic (exact) mass is 926 g/mol. The predicted octanol–water partition coefficient (Wildman–Crippen LogP) is 18.4. The van der Waals surface area contributed by atoms with E-state index < -0.39 is 18.2 Å². The molecule has 388 valence electrons. The molecular weight excluding hydrogens is 811 g/mol. The molecular formula is C61H115NO4. The Hall–Kier alpha value is -1.69. The highest BCUT2D eigenvalue weighted by molar-refractivity contribution is 5.76. The van der Waals surface area contributed by atoms with E-state index in [0.29, 0.717) is 6.42 Å². The second-order valence-corrected chi connectivity index (χ2v) is 20.2. The van der Waals surface area contributed by atoms with Crippen LogP contribution in [0.1, 0.15) is 309 Å². The van der Waals surface area contributed by atoms with Crippen molar-refractivity contribution >= 4 is 5.91 Å². The van der Waals surface area contributed by atoms with Crippen LogP contribution in [0, 0.1) is 0 Å². The zero-order valence-corrected chi connectivity index (χ0v) is 44.3.